The van der Waals surface area contributed by atoms with Crippen molar-refractivity contribution in [1.82, 2.24) is 19.7 Å². The molecule has 0 unspecified atom stereocenters. The molecule has 0 radical (unpaired) electrons. The van der Waals surface area contributed by atoms with Crippen molar-refractivity contribution in [2.45, 2.75) is 38.4 Å². The molecule has 0 aliphatic carbocycles. The molecule has 0 spiro atoms. The van der Waals surface area contributed by atoms with Gasteiger partial charge in [-0.1, -0.05) is 17.8 Å². The normalized spacial score (nSPS) is 15.1. The molecule has 3 rings (SSSR count). The second-order valence-electron chi connectivity index (χ2n) is 6.22. The van der Waals surface area contributed by atoms with Crippen LogP contribution in [0.1, 0.15) is 26.7 Å². The third-order valence-corrected chi connectivity index (χ3v) is 6.38. The van der Waals surface area contributed by atoms with Crippen molar-refractivity contribution in [3.05, 3.63) is 17.5 Å². The van der Waals surface area contributed by atoms with E-state index < -0.39 is 0 Å². The van der Waals surface area contributed by atoms with Gasteiger partial charge in [-0.05, 0) is 38.1 Å². The van der Waals surface area contributed by atoms with Crippen LogP contribution in [0.25, 0.3) is 10.7 Å². The monoisotopic (exact) mass is 408 g/mol. The Balaban J connectivity index is 1.54. The van der Waals surface area contributed by atoms with Crippen LogP contribution >= 0.6 is 23.1 Å². The minimum Gasteiger partial charge on any atom is -0.466 e. The number of hydrogen-bond donors (Lipinski definition) is 0. The van der Waals surface area contributed by atoms with Crippen LogP contribution in [-0.4, -0.2) is 57.0 Å². The van der Waals surface area contributed by atoms with Crippen LogP contribution in [-0.2, 0) is 20.9 Å². The van der Waals surface area contributed by atoms with Crippen molar-refractivity contribution in [3.63, 3.8) is 0 Å². The van der Waals surface area contributed by atoms with Crippen molar-refractivity contribution in [2.24, 2.45) is 5.92 Å². The molecule has 0 bridgehead atoms. The molecule has 2 aromatic rings. The van der Waals surface area contributed by atoms with Crippen LogP contribution in [0.2, 0.25) is 0 Å². The summed E-state index contributed by atoms with van der Waals surface area (Å²) in [7, 11) is 0. The lowest BCUT2D eigenvalue weighted by molar-refractivity contribution is -0.151. The summed E-state index contributed by atoms with van der Waals surface area (Å²) in [5.74, 6) is 1.02. The number of thioether (sulfide) groups is 1. The summed E-state index contributed by atoms with van der Waals surface area (Å²) in [6, 6.07) is 4.01. The first-order valence-electron chi connectivity index (χ1n) is 9.18. The second-order valence-corrected chi connectivity index (χ2v) is 8.11. The summed E-state index contributed by atoms with van der Waals surface area (Å²) in [5.41, 5.74) is 0. The van der Waals surface area contributed by atoms with Gasteiger partial charge in [-0.3, -0.25) is 9.59 Å². The minimum absolute atomic E-state index is 0.0747. The predicted molar refractivity (Wildman–Crippen MR) is 106 cm³/mol. The first-order chi connectivity index (χ1) is 13.1. The number of nitrogens with zero attached hydrogens (tertiary/aromatic N) is 4. The summed E-state index contributed by atoms with van der Waals surface area (Å²) in [4.78, 5) is 27.3. The highest BCUT2D eigenvalue weighted by atomic mass is 32.2. The van der Waals surface area contributed by atoms with Crippen LogP contribution in [0.15, 0.2) is 22.7 Å². The van der Waals surface area contributed by atoms with Crippen LogP contribution in [0, 0.1) is 5.92 Å². The average Bonchev–Trinajstić information content (AvgIpc) is 3.35. The zero-order valence-corrected chi connectivity index (χ0v) is 17.2. The molecule has 146 valence electrons. The zero-order chi connectivity index (χ0) is 19.2. The van der Waals surface area contributed by atoms with E-state index in [0.29, 0.717) is 38.3 Å². The molecule has 2 aromatic heterocycles. The number of thiophene rings is 1. The Kier molecular flexibility index (Phi) is 6.89. The maximum absolute atomic E-state index is 12.5. The highest BCUT2D eigenvalue weighted by Crippen LogP contribution is 2.27. The third kappa shape index (κ3) is 4.70. The lowest BCUT2D eigenvalue weighted by atomic mass is 9.97. The molecule has 0 atom stereocenters. The van der Waals surface area contributed by atoms with Crippen LogP contribution in [0.4, 0.5) is 0 Å². The fourth-order valence-corrected chi connectivity index (χ4v) is 4.73. The zero-order valence-electron chi connectivity index (χ0n) is 15.6. The standard InChI is InChI=1S/C18H24N4O3S2/c1-3-22-16(14-6-5-11-26-14)19-20-18(22)27-12-15(23)21-9-7-13(8-10-21)17(24)25-4-2/h5-6,11,13H,3-4,7-10,12H2,1-2H3. The summed E-state index contributed by atoms with van der Waals surface area (Å²) < 4.78 is 7.12. The van der Waals surface area contributed by atoms with E-state index in [-0.39, 0.29) is 17.8 Å². The van der Waals surface area contributed by atoms with Crippen molar-refractivity contribution < 1.29 is 14.3 Å². The molecule has 0 aromatic carbocycles. The molecule has 3 heterocycles. The van der Waals surface area contributed by atoms with Gasteiger partial charge in [0.05, 0.1) is 23.2 Å². The fraction of sp³-hybridized carbons (Fsp3) is 0.556. The van der Waals surface area contributed by atoms with Crippen molar-refractivity contribution in [3.8, 4) is 10.7 Å². The number of aromatic nitrogens is 3. The van der Waals surface area contributed by atoms with E-state index in [9.17, 15) is 9.59 Å². The summed E-state index contributed by atoms with van der Waals surface area (Å²) in [6.07, 6.45) is 1.34. The number of carbonyl (C=O) groups is 2. The first kappa shape index (κ1) is 19.9. The Morgan fingerprint density at radius 2 is 2.07 bits per heavy atom. The van der Waals surface area contributed by atoms with Crippen molar-refractivity contribution >= 4 is 35.0 Å². The predicted octanol–water partition coefficient (Wildman–Crippen LogP) is 2.92. The molecule has 1 fully saturated rings. The topological polar surface area (TPSA) is 77.3 Å². The lowest BCUT2D eigenvalue weighted by Crippen LogP contribution is -2.41. The van der Waals surface area contributed by atoms with E-state index in [4.69, 9.17) is 4.74 Å². The molecule has 9 heteroatoms. The van der Waals surface area contributed by atoms with Gasteiger partial charge in [0.25, 0.3) is 0 Å². The van der Waals surface area contributed by atoms with Gasteiger partial charge >= 0.3 is 5.97 Å². The maximum Gasteiger partial charge on any atom is 0.309 e. The number of likely N-dealkylation sites (tertiary alicyclic amines) is 1. The molecule has 0 N–H and O–H groups in total. The molecule has 1 aliphatic rings. The minimum atomic E-state index is -0.142. The largest absolute Gasteiger partial charge is 0.466 e. The van der Waals surface area contributed by atoms with E-state index in [1.165, 1.54) is 11.8 Å². The first-order valence-corrected chi connectivity index (χ1v) is 11.0. The van der Waals surface area contributed by atoms with Gasteiger partial charge in [-0.2, -0.15) is 0 Å². The number of rotatable bonds is 7. The molecule has 27 heavy (non-hydrogen) atoms. The number of ether oxygens (including phenoxy) is 1. The molecular formula is C18H24N4O3S2. The van der Waals surface area contributed by atoms with Gasteiger partial charge in [0.2, 0.25) is 5.91 Å². The van der Waals surface area contributed by atoms with Gasteiger partial charge in [-0.15, -0.1) is 21.5 Å². The molecule has 1 aliphatic heterocycles. The number of amides is 1. The van der Waals surface area contributed by atoms with E-state index in [1.807, 2.05) is 40.8 Å². The lowest BCUT2D eigenvalue weighted by Gasteiger charge is -2.30. The van der Waals surface area contributed by atoms with Gasteiger partial charge in [0.15, 0.2) is 11.0 Å². The number of hydrogen-bond acceptors (Lipinski definition) is 7. The molecule has 1 saturated heterocycles. The maximum atomic E-state index is 12.5. The van der Waals surface area contributed by atoms with E-state index in [0.717, 1.165) is 22.4 Å². The van der Waals surface area contributed by atoms with Gasteiger partial charge < -0.3 is 14.2 Å². The van der Waals surface area contributed by atoms with E-state index >= 15 is 0 Å². The number of esters is 1. The molecule has 1 amide bonds. The van der Waals surface area contributed by atoms with E-state index in [1.54, 1.807) is 11.3 Å². The number of carbonyl (C=O) groups excluding carboxylic acids is 2. The fourth-order valence-electron chi connectivity index (χ4n) is 3.11. The van der Waals surface area contributed by atoms with Crippen molar-refractivity contribution in [1.29, 1.82) is 0 Å². The highest BCUT2D eigenvalue weighted by molar-refractivity contribution is 7.99. The van der Waals surface area contributed by atoms with Crippen LogP contribution < -0.4 is 0 Å². The Morgan fingerprint density at radius 3 is 2.70 bits per heavy atom. The smallest absolute Gasteiger partial charge is 0.309 e. The molecule has 7 nitrogen and oxygen atoms in total. The van der Waals surface area contributed by atoms with Crippen molar-refractivity contribution in [2.75, 3.05) is 25.4 Å². The Hall–Kier alpha value is -1.87. The highest BCUT2D eigenvalue weighted by Gasteiger charge is 2.28. The average molecular weight is 409 g/mol. The SMILES string of the molecule is CCOC(=O)C1CCN(C(=O)CSc2nnc(-c3cccs3)n2CC)CC1. The Labute approximate surface area is 167 Å². The summed E-state index contributed by atoms with van der Waals surface area (Å²) >= 11 is 3.04. The van der Waals surface area contributed by atoms with Gasteiger partial charge in [0, 0.05) is 19.6 Å². The summed E-state index contributed by atoms with van der Waals surface area (Å²) in [6.45, 7) is 6.22. The third-order valence-electron chi connectivity index (χ3n) is 4.57. The number of piperidine rings is 1. The van der Waals surface area contributed by atoms with Crippen LogP contribution in [0.3, 0.4) is 0 Å². The van der Waals surface area contributed by atoms with Crippen LogP contribution in [0.5, 0.6) is 0 Å². The quantitative estimate of drug-likeness (QED) is 0.518. The second kappa shape index (κ2) is 9.36. The Bertz CT molecular complexity index is 768. The Morgan fingerprint density at radius 1 is 1.30 bits per heavy atom. The van der Waals surface area contributed by atoms with E-state index in [2.05, 4.69) is 10.2 Å². The molecule has 0 saturated carbocycles. The van der Waals surface area contributed by atoms with Gasteiger partial charge in [0.1, 0.15) is 0 Å². The van der Waals surface area contributed by atoms with Gasteiger partial charge in [-0.25, -0.2) is 0 Å². The molecular weight excluding hydrogens is 384 g/mol. The summed E-state index contributed by atoms with van der Waals surface area (Å²) in [5, 5.41) is 11.3.